The maximum absolute atomic E-state index is 13.4. The zero-order valence-electron chi connectivity index (χ0n) is 17.9. The highest BCUT2D eigenvalue weighted by Crippen LogP contribution is 2.41. The van der Waals surface area contributed by atoms with Crippen molar-refractivity contribution >= 4 is 17.3 Å². The number of benzene rings is 2. The van der Waals surface area contributed by atoms with E-state index in [-0.39, 0.29) is 11.6 Å². The summed E-state index contributed by atoms with van der Waals surface area (Å²) in [5, 5.41) is 14.1. The van der Waals surface area contributed by atoms with Gasteiger partial charge in [0.25, 0.3) is 5.69 Å². The van der Waals surface area contributed by atoms with E-state index in [0.29, 0.717) is 12.5 Å². The third-order valence-electron chi connectivity index (χ3n) is 5.78. The van der Waals surface area contributed by atoms with Crippen LogP contribution in [0.5, 0.6) is 5.75 Å². The molecule has 0 atom stereocenters. The fourth-order valence-corrected chi connectivity index (χ4v) is 4.10. The third-order valence-corrected chi connectivity index (χ3v) is 5.78. The van der Waals surface area contributed by atoms with Gasteiger partial charge in [-0.2, -0.15) is 0 Å². The molecule has 2 aromatic carbocycles. The molecule has 1 N–H and O–H groups in total. The number of nitrogens with zero attached hydrogens (tertiary/aromatic N) is 1. The Hall–Kier alpha value is -2.89. The zero-order chi connectivity index (χ0) is 21.7. The van der Waals surface area contributed by atoms with Gasteiger partial charge >= 0.3 is 0 Å². The van der Waals surface area contributed by atoms with Gasteiger partial charge in [0.05, 0.1) is 16.9 Å². The minimum Gasteiger partial charge on any atom is -0.493 e. The van der Waals surface area contributed by atoms with Gasteiger partial charge in [0.1, 0.15) is 5.75 Å². The molecular weight excluding hydrogens is 380 g/mol. The number of hydrogen-bond donors (Lipinski definition) is 1. The molecule has 0 unspecified atom stereocenters. The third kappa shape index (κ3) is 4.81. The summed E-state index contributed by atoms with van der Waals surface area (Å²) in [4.78, 5) is 24.0. The number of nitrogens with one attached hydrogen (secondary N) is 1. The van der Waals surface area contributed by atoms with Gasteiger partial charge in [-0.25, -0.2) is 0 Å². The average molecular weight is 411 g/mol. The predicted octanol–water partition coefficient (Wildman–Crippen LogP) is 5.78. The molecule has 1 amide bonds. The number of nitro benzene ring substituents is 1. The summed E-state index contributed by atoms with van der Waals surface area (Å²) in [6, 6.07) is 12.1. The first-order chi connectivity index (χ1) is 14.3. The highest BCUT2D eigenvalue weighted by atomic mass is 16.6. The quantitative estimate of drug-likeness (QED) is 0.463. The van der Waals surface area contributed by atoms with Crippen molar-refractivity contribution in [3.63, 3.8) is 0 Å². The Balaban J connectivity index is 1.82. The van der Waals surface area contributed by atoms with E-state index >= 15 is 0 Å². The molecule has 1 fully saturated rings. The molecule has 1 saturated carbocycles. The number of non-ortho nitro benzene ring substituents is 1. The second-order valence-corrected chi connectivity index (χ2v) is 8.59. The number of ether oxygens (including phenoxy) is 1. The Morgan fingerprint density at radius 2 is 1.80 bits per heavy atom. The number of rotatable bonds is 7. The van der Waals surface area contributed by atoms with E-state index in [9.17, 15) is 14.9 Å². The van der Waals surface area contributed by atoms with Crippen molar-refractivity contribution < 1.29 is 14.5 Å². The normalized spacial score (nSPS) is 15.6. The molecule has 0 heterocycles. The maximum Gasteiger partial charge on any atom is 0.269 e. The van der Waals surface area contributed by atoms with Gasteiger partial charge in [-0.1, -0.05) is 45.2 Å². The van der Waals surface area contributed by atoms with Gasteiger partial charge in [0.2, 0.25) is 5.91 Å². The molecule has 0 spiro atoms. The lowest BCUT2D eigenvalue weighted by Gasteiger charge is -2.36. The van der Waals surface area contributed by atoms with Crippen LogP contribution in [0.15, 0.2) is 42.5 Å². The van der Waals surface area contributed by atoms with Crippen LogP contribution in [-0.2, 0) is 10.2 Å². The summed E-state index contributed by atoms with van der Waals surface area (Å²) >= 11 is 0. The summed E-state index contributed by atoms with van der Waals surface area (Å²) in [6.45, 7) is 6.82. The predicted molar refractivity (Wildman–Crippen MR) is 118 cm³/mol. The lowest BCUT2D eigenvalue weighted by atomic mass is 9.68. The molecule has 2 aromatic rings. The van der Waals surface area contributed by atoms with Crippen LogP contribution < -0.4 is 10.1 Å². The number of hydrogen-bond acceptors (Lipinski definition) is 4. The van der Waals surface area contributed by atoms with E-state index in [4.69, 9.17) is 4.74 Å². The molecule has 160 valence electrons. The molecule has 30 heavy (non-hydrogen) atoms. The standard InChI is InChI=1S/C24H30N2O4/c1-17(2)16-30-22-12-9-20(15-18(22)3)25-23(27)24(13-5-4-6-14-24)19-7-10-21(11-8-19)26(28)29/h7-12,15,17H,4-6,13-14,16H2,1-3H3,(H,25,27). The number of carbonyl (C=O) groups is 1. The first kappa shape index (κ1) is 21.8. The molecule has 0 aliphatic heterocycles. The fraction of sp³-hybridized carbons (Fsp3) is 0.458. The highest BCUT2D eigenvalue weighted by molar-refractivity contribution is 5.99. The Labute approximate surface area is 177 Å². The van der Waals surface area contributed by atoms with E-state index < -0.39 is 10.3 Å². The molecule has 1 aliphatic rings. The lowest BCUT2D eigenvalue weighted by Crippen LogP contribution is -2.42. The Kier molecular flexibility index (Phi) is 6.75. The Bertz CT molecular complexity index is 900. The van der Waals surface area contributed by atoms with E-state index in [0.717, 1.165) is 54.7 Å². The molecule has 3 rings (SSSR count). The smallest absolute Gasteiger partial charge is 0.269 e. The van der Waals surface area contributed by atoms with Crippen LogP contribution in [0, 0.1) is 23.0 Å². The lowest BCUT2D eigenvalue weighted by molar-refractivity contribution is -0.384. The van der Waals surface area contributed by atoms with Crippen molar-refractivity contribution in [2.75, 3.05) is 11.9 Å². The molecule has 1 aliphatic carbocycles. The first-order valence-electron chi connectivity index (χ1n) is 10.6. The first-order valence-corrected chi connectivity index (χ1v) is 10.6. The fourth-order valence-electron chi connectivity index (χ4n) is 4.10. The van der Waals surface area contributed by atoms with Crippen LogP contribution >= 0.6 is 0 Å². The number of amides is 1. The van der Waals surface area contributed by atoms with Gasteiger partial charge < -0.3 is 10.1 Å². The summed E-state index contributed by atoms with van der Waals surface area (Å²) in [5.41, 5.74) is 1.94. The van der Waals surface area contributed by atoms with Gasteiger partial charge in [0, 0.05) is 17.8 Å². The molecule has 0 saturated heterocycles. The molecule has 0 radical (unpaired) electrons. The number of anilines is 1. The second kappa shape index (κ2) is 9.28. The largest absolute Gasteiger partial charge is 0.493 e. The van der Waals surface area contributed by atoms with Crippen molar-refractivity contribution in [1.29, 1.82) is 0 Å². The average Bonchev–Trinajstić information content (AvgIpc) is 2.73. The van der Waals surface area contributed by atoms with Crippen molar-refractivity contribution in [2.45, 2.75) is 58.3 Å². The van der Waals surface area contributed by atoms with Gasteiger partial charge in [-0.3, -0.25) is 14.9 Å². The van der Waals surface area contributed by atoms with Crippen molar-refractivity contribution in [1.82, 2.24) is 0 Å². The van der Waals surface area contributed by atoms with Crippen molar-refractivity contribution in [3.05, 3.63) is 63.7 Å². The van der Waals surface area contributed by atoms with Crippen LogP contribution in [0.4, 0.5) is 11.4 Å². The Morgan fingerprint density at radius 3 is 2.37 bits per heavy atom. The van der Waals surface area contributed by atoms with E-state index in [1.807, 2.05) is 25.1 Å². The molecule has 6 nitrogen and oxygen atoms in total. The van der Waals surface area contributed by atoms with E-state index in [1.165, 1.54) is 12.1 Å². The monoisotopic (exact) mass is 410 g/mol. The summed E-state index contributed by atoms with van der Waals surface area (Å²) < 4.78 is 5.83. The van der Waals surface area contributed by atoms with Crippen molar-refractivity contribution in [2.24, 2.45) is 5.92 Å². The van der Waals surface area contributed by atoms with Gasteiger partial charge in [-0.05, 0) is 55.0 Å². The summed E-state index contributed by atoms with van der Waals surface area (Å²) in [6.07, 6.45) is 4.51. The molecule has 6 heteroatoms. The second-order valence-electron chi connectivity index (χ2n) is 8.59. The minimum absolute atomic E-state index is 0.0396. The van der Waals surface area contributed by atoms with Crippen LogP contribution in [0.3, 0.4) is 0 Å². The van der Waals surface area contributed by atoms with Crippen LogP contribution in [-0.4, -0.2) is 17.4 Å². The zero-order valence-corrected chi connectivity index (χ0v) is 17.9. The van der Waals surface area contributed by atoms with Gasteiger partial charge in [0.15, 0.2) is 0 Å². The molecular formula is C24H30N2O4. The summed E-state index contributed by atoms with van der Waals surface area (Å²) in [5.74, 6) is 1.22. The topological polar surface area (TPSA) is 81.5 Å². The summed E-state index contributed by atoms with van der Waals surface area (Å²) in [7, 11) is 0. The maximum atomic E-state index is 13.4. The number of nitro groups is 1. The van der Waals surface area contributed by atoms with Crippen LogP contribution in [0.2, 0.25) is 0 Å². The SMILES string of the molecule is Cc1cc(NC(=O)C2(c3ccc([N+](=O)[O-])cc3)CCCCC2)ccc1OCC(C)C. The van der Waals surface area contributed by atoms with Crippen LogP contribution in [0.1, 0.15) is 57.1 Å². The van der Waals surface area contributed by atoms with Gasteiger partial charge in [-0.15, -0.1) is 0 Å². The van der Waals surface area contributed by atoms with E-state index in [1.54, 1.807) is 12.1 Å². The minimum atomic E-state index is -0.659. The molecule has 0 bridgehead atoms. The van der Waals surface area contributed by atoms with Crippen molar-refractivity contribution in [3.8, 4) is 5.75 Å². The van der Waals surface area contributed by atoms with E-state index in [2.05, 4.69) is 19.2 Å². The van der Waals surface area contributed by atoms with Crippen LogP contribution in [0.25, 0.3) is 0 Å². The highest BCUT2D eigenvalue weighted by Gasteiger charge is 2.41. The molecule has 0 aromatic heterocycles. The number of aryl methyl sites for hydroxylation is 1. The number of carbonyl (C=O) groups excluding carboxylic acids is 1. The Morgan fingerprint density at radius 1 is 1.13 bits per heavy atom.